The Morgan fingerprint density at radius 3 is 2.52 bits per heavy atom. The van der Waals surface area contributed by atoms with Gasteiger partial charge in [-0.25, -0.2) is 14.4 Å². The predicted octanol–water partition coefficient (Wildman–Crippen LogP) is 4.45. The Bertz CT molecular complexity index is 651. The van der Waals surface area contributed by atoms with Crippen molar-refractivity contribution < 1.29 is 4.39 Å². The summed E-state index contributed by atoms with van der Waals surface area (Å²) in [4.78, 5) is 9.15. The first-order chi connectivity index (χ1) is 9.93. The van der Waals surface area contributed by atoms with Crippen LogP contribution in [0.3, 0.4) is 0 Å². The second-order valence-corrected chi connectivity index (χ2v) is 5.57. The molecule has 0 unspecified atom stereocenters. The highest BCUT2D eigenvalue weighted by atomic mass is 19.1. The third kappa shape index (κ3) is 3.20. The van der Waals surface area contributed by atoms with Crippen molar-refractivity contribution in [1.29, 1.82) is 0 Å². The maximum Gasteiger partial charge on any atom is 0.133 e. The first kappa shape index (κ1) is 15.4. The topological polar surface area (TPSA) is 37.8 Å². The summed E-state index contributed by atoms with van der Waals surface area (Å²) in [6.45, 7) is 10.7. The van der Waals surface area contributed by atoms with E-state index in [1.807, 2.05) is 40.7 Å². The molecule has 21 heavy (non-hydrogen) atoms. The second kappa shape index (κ2) is 6.20. The summed E-state index contributed by atoms with van der Waals surface area (Å²) in [7, 11) is 0. The average molecular weight is 287 g/mol. The number of rotatable bonds is 4. The molecule has 112 valence electrons. The molecule has 0 saturated carbocycles. The van der Waals surface area contributed by atoms with E-state index in [0.29, 0.717) is 11.3 Å². The molecule has 0 amide bonds. The molecule has 1 N–H and O–H groups in total. The summed E-state index contributed by atoms with van der Waals surface area (Å²) < 4.78 is 14.2. The Morgan fingerprint density at radius 2 is 1.90 bits per heavy atom. The van der Waals surface area contributed by atoms with Crippen molar-refractivity contribution in [3.8, 4) is 11.3 Å². The van der Waals surface area contributed by atoms with Crippen LogP contribution < -0.4 is 5.32 Å². The zero-order valence-electron chi connectivity index (χ0n) is 13.3. The van der Waals surface area contributed by atoms with Gasteiger partial charge in [-0.15, -0.1) is 0 Å². The van der Waals surface area contributed by atoms with Gasteiger partial charge in [-0.2, -0.15) is 0 Å². The molecular formula is C17H22FN3. The average Bonchev–Trinajstić information content (AvgIpc) is 2.44. The highest BCUT2D eigenvalue weighted by molar-refractivity contribution is 5.69. The molecule has 0 aliphatic carbocycles. The molecule has 3 nitrogen and oxygen atoms in total. The highest BCUT2D eigenvalue weighted by Crippen LogP contribution is 2.30. The fourth-order valence-electron chi connectivity index (χ4n) is 2.21. The first-order valence-corrected chi connectivity index (χ1v) is 7.33. The molecule has 0 radical (unpaired) electrons. The quantitative estimate of drug-likeness (QED) is 0.902. The van der Waals surface area contributed by atoms with Gasteiger partial charge in [0.15, 0.2) is 0 Å². The Hall–Kier alpha value is -1.97. The van der Waals surface area contributed by atoms with Crippen LogP contribution in [-0.4, -0.2) is 16.5 Å². The number of benzene rings is 1. The molecule has 2 rings (SSSR count). The lowest BCUT2D eigenvalue weighted by Gasteiger charge is -2.15. The third-order valence-electron chi connectivity index (χ3n) is 3.40. The van der Waals surface area contributed by atoms with Crippen LogP contribution in [0.4, 0.5) is 10.2 Å². The monoisotopic (exact) mass is 287 g/mol. The highest BCUT2D eigenvalue weighted by Gasteiger charge is 2.16. The maximum atomic E-state index is 14.2. The molecule has 0 aliphatic rings. The summed E-state index contributed by atoms with van der Waals surface area (Å²) in [6.07, 6.45) is 0. The van der Waals surface area contributed by atoms with Crippen molar-refractivity contribution in [3.05, 3.63) is 41.0 Å². The SMILES string of the molecule is CCNc1nc(C(C)C)nc(-c2cc(C)ccc2F)c1C. The van der Waals surface area contributed by atoms with Crippen molar-refractivity contribution in [2.45, 2.75) is 40.5 Å². The molecule has 1 heterocycles. The predicted molar refractivity (Wildman–Crippen MR) is 85.2 cm³/mol. The summed E-state index contributed by atoms with van der Waals surface area (Å²) in [6, 6.07) is 5.10. The minimum Gasteiger partial charge on any atom is -0.370 e. The summed E-state index contributed by atoms with van der Waals surface area (Å²) in [5, 5.41) is 3.24. The minimum atomic E-state index is -0.250. The van der Waals surface area contributed by atoms with Gasteiger partial charge in [0.2, 0.25) is 0 Å². The molecule has 2 aromatic rings. The lowest BCUT2D eigenvalue weighted by Crippen LogP contribution is -2.09. The van der Waals surface area contributed by atoms with Crippen LogP contribution in [0.25, 0.3) is 11.3 Å². The van der Waals surface area contributed by atoms with Crippen LogP contribution >= 0.6 is 0 Å². The number of hydrogen-bond acceptors (Lipinski definition) is 3. The largest absolute Gasteiger partial charge is 0.370 e. The second-order valence-electron chi connectivity index (χ2n) is 5.57. The molecule has 1 aromatic carbocycles. The van der Waals surface area contributed by atoms with E-state index in [1.54, 1.807) is 6.07 Å². The minimum absolute atomic E-state index is 0.189. The van der Waals surface area contributed by atoms with E-state index in [0.717, 1.165) is 29.3 Å². The summed E-state index contributed by atoms with van der Waals surface area (Å²) in [5.41, 5.74) is 3.10. The van der Waals surface area contributed by atoms with E-state index in [4.69, 9.17) is 0 Å². The van der Waals surface area contributed by atoms with E-state index in [2.05, 4.69) is 15.3 Å². The number of halogens is 1. The molecule has 0 atom stereocenters. The van der Waals surface area contributed by atoms with Gasteiger partial charge in [0, 0.05) is 23.6 Å². The van der Waals surface area contributed by atoms with Gasteiger partial charge in [-0.1, -0.05) is 25.5 Å². The van der Waals surface area contributed by atoms with Crippen molar-refractivity contribution in [3.63, 3.8) is 0 Å². The van der Waals surface area contributed by atoms with Gasteiger partial charge >= 0.3 is 0 Å². The lowest BCUT2D eigenvalue weighted by atomic mass is 10.0. The smallest absolute Gasteiger partial charge is 0.133 e. The molecular weight excluding hydrogens is 265 g/mol. The molecule has 0 spiro atoms. The van der Waals surface area contributed by atoms with Gasteiger partial charge in [-0.3, -0.25) is 0 Å². The number of nitrogens with zero attached hydrogens (tertiary/aromatic N) is 2. The van der Waals surface area contributed by atoms with Crippen LogP contribution in [0.15, 0.2) is 18.2 Å². The molecule has 1 aromatic heterocycles. The van der Waals surface area contributed by atoms with Crippen molar-refractivity contribution in [2.75, 3.05) is 11.9 Å². The van der Waals surface area contributed by atoms with E-state index in [9.17, 15) is 4.39 Å². The van der Waals surface area contributed by atoms with E-state index in [-0.39, 0.29) is 11.7 Å². The van der Waals surface area contributed by atoms with Gasteiger partial charge in [-0.05, 0) is 32.9 Å². The van der Waals surface area contributed by atoms with Crippen LogP contribution in [0.5, 0.6) is 0 Å². The number of nitrogens with one attached hydrogen (secondary N) is 1. The van der Waals surface area contributed by atoms with Crippen molar-refractivity contribution in [1.82, 2.24) is 9.97 Å². The third-order valence-corrected chi connectivity index (χ3v) is 3.40. The molecule has 0 aliphatic heterocycles. The summed E-state index contributed by atoms with van der Waals surface area (Å²) >= 11 is 0. The van der Waals surface area contributed by atoms with Gasteiger partial charge in [0.05, 0.1) is 5.69 Å². The van der Waals surface area contributed by atoms with Crippen molar-refractivity contribution in [2.24, 2.45) is 0 Å². The molecule has 0 saturated heterocycles. The zero-order valence-corrected chi connectivity index (χ0v) is 13.3. The van der Waals surface area contributed by atoms with Gasteiger partial charge in [0.25, 0.3) is 0 Å². The standard InChI is InChI=1S/C17H22FN3/c1-6-19-17-12(5)15(20-16(21-17)10(2)3)13-9-11(4)7-8-14(13)18/h7-10H,6H2,1-5H3,(H,19,20,21). The molecule has 4 heteroatoms. The van der Waals surface area contributed by atoms with Crippen LogP contribution in [-0.2, 0) is 0 Å². The molecule has 0 bridgehead atoms. The fourth-order valence-corrected chi connectivity index (χ4v) is 2.21. The Labute approximate surface area is 125 Å². The Kier molecular flexibility index (Phi) is 4.56. The van der Waals surface area contributed by atoms with E-state index in [1.165, 1.54) is 6.07 Å². The maximum absolute atomic E-state index is 14.2. The van der Waals surface area contributed by atoms with E-state index >= 15 is 0 Å². The molecule has 0 fully saturated rings. The van der Waals surface area contributed by atoms with Gasteiger partial charge < -0.3 is 5.32 Å². The zero-order chi connectivity index (χ0) is 15.6. The van der Waals surface area contributed by atoms with Crippen LogP contribution in [0, 0.1) is 19.7 Å². The summed E-state index contributed by atoms with van der Waals surface area (Å²) in [5.74, 6) is 1.45. The van der Waals surface area contributed by atoms with Crippen LogP contribution in [0.1, 0.15) is 43.6 Å². The van der Waals surface area contributed by atoms with Crippen molar-refractivity contribution >= 4 is 5.82 Å². The number of hydrogen-bond donors (Lipinski definition) is 1. The van der Waals surface area contributed by atoms with Gasteiger partial charge in [0.1, 0.15) is 17.5 Å². The lowest BCUT2D eigenvalue weighted by molar-refractivity contribution is 0.629. The first-order valence-electron chi connectivity index (χ1n) is 7.33. The number of aromatic nitrogens is 2. The normalized spacial score (nSPS) is 11.0. The number of anilines is 1. The Balaban J connectivity index is 2.69. The Morgan fingerprint density at radius 1 is 1.19 bits per heavy atom. The van der Waals surface area contributed by atoms with Crippen LogP contribution in [0.2, 0.25) is 0 Å². The fraction of sp³-hybridized carbons (Fsp3) is 0.412. The van der Waals surface area contributed by atoms with E-state index < -0.39 is 0 Å². The number of aryl methyl sites for hydroxylation is 1.